The summed E-state index contributed by atoms with van der Waals surface area (Å²) in [6.45, 7) is 0.919. The Morgan fingerprint density at radius 3 is 2.85 bits per heavy atom. The van der Waals surface area contributed by atoms with Gasteiger partial charge in [-0.05, 0) is 5.53 Å². The second kappa shape index (κ2) is 4.08. The molecule has 0 saturated carbocycles. The van der Waals surface area contributed by atoms with Crippen LogP contribution < -0.4 is 5.32 Å². The highest BCUT2D eigenvalue weighted by molar-refractivity contribution is 5.80. The van der Waals surface area contributed by atoms with Crippen LogP contribution in [0.25, 0.3) is 10.4 Å². The molecule has 0 spiro atoms. The van der Waals surface area contributed by atoms with E-state index >= 15 is 0 Å². The smallest absolute Gasteiger partial charge is 0.328 e. The second-order valence-electron chi connectivity index (χ2n) is 2.76. The molecule has 0 amide bonds. The number of aliphatic carboxylic acids is 1. The van der Waals surface area contributed by atoms with Crippen LogP contribution in [0.5, 0.6) is 0 Å². The van der Waals surface area contributed by atoms with Crippen molar-refractivity contribution in [3.8, 4) is 0 Å². The van der Waals surface area contributed by atoms with Crippen LogP contribution in [0.3, 0.4) is 0 Å². The molecule has 1 heterocycles. The third-order valence-electron chi connectivity index (χ3n) is 1.84. The molecule has 0 aromatic heterocycles. The van der Waals surface area contributed by atoms with Crippen molar-refractivity contribution in [3.05, 3.63) is 10.4 Å². The van der Waals surface area contributed by atoms with Gasteiger partial charge < -0.3 is 9.84 Å². The maximum atomic E-state index is 10.7. The number of hydrogen-bond donors (Lipinski definition) is 2. The van der Waals surface area contributed by atoms with Crippen molar-refractivity contribution in [1.82, 2.24) is 5.32 Å². The molecule has 0 aliphatic carbocycles. The third-order valence-corrected chi connectivity index (χ3v) is 1.84. The van der Waals surface area contributed by atoms with Gasteiger partial charge in [0.05, 0.1) is 13.2 Å². The molecule has 7 nitrogen and oxygen atoms in total. The fraction of sp³-hybridized carbons (Fsp3) is 0.833. The Kier molecular flexibility index (Phi) is 3.07. The lowest BCUT2D eigenvalue weighted by Gasteiger charge is -2.37. The summed E-state index contributed by atoms with van der Waals surface area (Å²) in [5.74, 6) is -0.931. The van der Waals surface area contributed by atoms with E-state index in [1.165, 1.54) is 0 Å². The summed E-state index contributed by atoms with van der Waals surface area (Å²) in [5, 5.41) is 14.8. The third kappa shape index (κ3) is 2.09. The van der Waals surface area contributed by atoms with Crippen LogP contribution in [0.15, 0.2) is 5.11 Å². The fourth-order valence-electron chi connectivity index (χ4n) is 0.997. The Hall–Kier alpha value is -1.30. The van der Waals surface area contributed by atoms with Gasteiger partial charge in [-0.1, -0.05) is 5.11 Å². The van der Waals surface area contributed by atoms with Gasteiger partial charge >= 0.3 is 5.97 Å². The maximum absolute atomic E-state index is 10.7. The van der Waals surface area contributed by atoms with Crippen molar-refractivity contribution in [1.29, 1.82) is 0 Å². The molecule has 1 aliphatic heterocycles. The lowest BCUT2D eigenvalue weighted by atomic mass is 9.98. The van der Waals surface area contributed by atoms with E-state index < -0.39 is 11.5 Å². The van der Waals surface area contributed by atoms with Crippen LogP contribution in [-0.4, -0.2) is 42.9 Å². The average molecular weight is 186 g/mol. The highest BCUT2D eigenvalue weighted by Crippen LogP contribution is 2.16. The zero-order valence-corrected chi connectivity index (χ0v) is 6.93. The summed E-state index contributed by atoms with van der Waals surface area (Å²) in [6, 6.07) is 0. The van der Waals surface area contributed by atoms with Gasteiger partial charge in [0.25, 0.3) is 0 Å². The summed E-state index contributed by atoms with van der Waals surface area (Å²) in [6.07, 6.45) is 0. The molecular weight excluding hydrogens is 176 g/mol. The number of hydrogen-bond acceptors (Lipinski definition) is 4. The van der Waals surface area contributed by atoms with E-state index in [1.54, 1.807) is 0 Å². The lowest BCUT2D eigenvalue weighted by Crippen LogP contribution is -2.66. The molecule has 0 bridgehead atoms. The largest absolute Gasteiger partial charge is 0.480 e. The van der Waals surface area contributed by atoms with Crippen LogP contribution >= 0.6 is 0 Å². The van der Waals surface area contributed by atoms with E-state index in [1.807, 2.05) is 0 Å². The minimum atomic E-state index is -0.967. The van der Waals surface area contributed by atoms with Crippen molar-refractivity contribution in [2.75, 3.05) is 26.3 Å². The van der Waals surface area contributed by atoms with E-state index in [-0.39, 0.29) is 19.8 Å². The molecule has 0 aromatic carbocycles. The van der Waals surface area contributed by atoms with Crippen LogP contribution in [-0.2, 0) is 9.53 Å². The first-order chi connectivity index (χ1) is 6.21. The van der Waals surface area contributed by atoms with E-state index in [0.717, 1.165) is 0 Å². The van der Waals surface area contributed by atoms with Crippen molar-refractivity contribution < 1.29 is 14.6 Å². The Balaban J connectivity index is 2.32. The molecule has 2 N–H and O–H groups in total. The van der Waals surface area contributed by atoms with Gasteiger partial charge in [-0.2, -0.15) is 0 Å². The lowest BCUT2D eigenvalue weighted by molar-refractivity contribution is -0.165. The first-order valence-corrected chi connectivity index (χ1v) is 3.78. The Labute approximate surface area is 74.3 Å². The first kappa shape index (κ1) is 9.79. The summed E-state index contributed by atoms with van der Waals surface area (Å²) in [4.78, 5) is 13.3. The van der Waals surface area contributed by atoms with Gasteiger partial charge in [0.1, 0.15) is 0 Å². The molecule has 13 heavy (non-hydrogen) atoms. The number of nitrogens with one attached hydrogen (secondary N) is 1. The van der Waals surface area contributed by atoms with Crippen molar-refractivity contribution in [2.24, 2.45) is 5.11 Å². The number of ether oxygens (including phenoxy) is 1. The van der Waals surface area contributed by atoms with E-state index in [4.69, 9.17) is 15.4 Å². The van der Waals surface area contributed by atoms with Gasteiger partial charge in [0.2, 0.25) is 0 Å². The SMILES string of the molecule is [N-]=[N+]=NCCNC1(C(=O)O)COC1. The molecule has 1 rings (SSSR count). The molecule has 1 fully saturated rings. The first-order valence-electron chi connectivity index (χ1n) is 3.78. The quantitative estimate of drug-likeness (QED) is 0.267. The number of carboxylic acids is 1. The monoisotopic (exact) mass is 186 g/mol. The van der Waals surface area contributed by atoms with E-state index in [0.29, 0.717) is 6.54 Å². The highest BCUT2D eigenvalue weighted by atomic mass is 16.5. The van der Waals surface area contributed by atoms with Crippen LogP contribution in [0.2, 0.25) is 0 Å². The zero-order valence-electron chi connectivity index (χ0n) is 6.93. The minimum absolute atomic E-state index is 0.165. The van der Waals surface area contributed by atoms with Crippen LogP contribution in [0.4, 0.5) is 0 Å². The molecule has 1 aliphatic rings. The van der Waals surface area contributed by atoms with Gasteiger partial charge in [-0.25, -0.2) is 0 Å². The standard InChI is InChI=1S/C6H10N4O3/c7-10-9-2-1-8-6(5(11)12)3-13-4-6/h8H,1-4H2,(H,11,12). The summed E-state index contributed by atoms with van der Waals surface area (Å²) in [5.41, 5.74) is 7.00. The average Bonchev–Trinajstić information content (AvgIpc) is 2.01. The number of carbonyl (C=O) groups is 1. The molecule has 0 unspecified atom stereocenters. The zero-order chi connectivity index (χ0) is 9.73. The highest BCUT2D eigenvalue weighted by Gasteiger charge is 2.45. The normalized spacial score (nSPS) is 18.5. The maximum Gasteiger partial charge on any atom is 0.328 e. The molecule has 72 valence electrons. The molecule has 0 atom stereocenters. The molecule has 0 radical (unpaired) electrons. The Morgan fingerprint density at radius 2 is 2.46 bits per heavy atom. The van der Waals surface area contributed by atoms with Crippen molar-refractivity contribution >= 4 is 5.97 Å². The molecular formula is C6H10N4O3. The topological polar surface area (TPSA) is 107 Å². The molecule has 7 heteroatoms. The number of rotatable bonds is 5. The minimum Gasteiger partial charge on any atom is -0.480 e. The van der Waals surface area contributed by atoms with E-state index in [9.17, 15) is 4.79 Å². The van der Waals surface area contributed by atoms with Crippen molar-refractivity contribution in [2.45, 2.75) is 5.54 Å². The predicted octanol–water partition coefficient (Wildman–Crippen LogP) is -0.260. The van der Waals surface area contributed by atoms with Gasteiger partial charge in [-0.3, -0.25) is 10.1 Å². The summed E-state index contributed by atoms with van der Waals surface area (Å²) < 4.78 is 4.81. The number of azide groups is 1. The molecule has 1 saturated heterocycles. The summed E-state index contributed by atoms with van der Waals surface area (Å²) in [7, 11) is 0. The summed E-state index contributed by atoms with van der Waals surface area (Å²) >= 11 is 0. The van der Waals surface area contributed by atoms with Gasteiger partial charge in [0.15, 0.2) is 5.54 Å². The van der Waals surface area contributed by atoms with Crippen molar-refractivity contribution in [3.63, 3.8) is 0 Å². The van der Waals surface area contributed by atoms with E-state index in [2.05, 4.69) is 15.3 Å². The number of nitrogens with zero attached hydrogens (tertiary/aromatic N) is 3. The van der Waals surface area contributed by atoms with Gasteiger partial charge in [-0.15, -0.1) is 0 Å². The second-order valence-corrected chi connectivity index (χ2v) is 2.76. The predicted molar refractivity (Wildman–Crippen MR) is 43.2 cm³/mol. The Morgan fingerprint density at radius 1 is 1.77 bits per heavy atom. The Bertz CT molecular complexity index is 244. The molecule has 0 aromatic rings. The number of carboxylic acid groups (broad SMARTS) is 1. The fourth-order valence-corrected chi connectivity index (χ4v) is 0.997. The van der Waals surface area contributed by atoms with Crippen LogP contribution in [0, 0.1) is 0 Å². The van der Waals surface area contributed by atoms with Crippen LogP contribution in [0.1, 0.15) is 0 Å². The van der Waals surface area contributed by atoms with Gasteiger partial charge in [0, 0.05) is 18.0 Å².